The molecular formula is C14H10F2N2O. The fourth-order valence-electron chi connectivity index (χ4n) is 2.20. The van der Waals surface area contributed by atoms with Gasteiger partial charge in [0.25, 0.3) is 12.0 Å². The Morgan fingerprint density at radius 2 is 1.89 bits per heavy atom. The molecule has 0 radical (unpaired) electrons. The van der Waals surface area contributed by atoms with Crippen LogP contribution in [0.1, 0.15) is 12.0 Å². The highest BCUT2D eigenvalue weighted by Crippen LogP contribution is 2.31. The van der Waals surface area contributed by atoms with Crippen LogP contribution in [0.5, 0.6) is 0 Å². The maximum absolute atomic E-state index is 13.0. The molecule has 1 N–H and O–H groups in total. The minimum atomic E-state index is -2.55. The SMILES string of the molecule is O=c1[nH]ccn2c(-c3ccccc3C(F)F)ccc12. The van der Waals surface area contributed by atoms with Gasteiger partial charge in [-0.25, -0.2) is 8.78 Å². The molecule has 5 heteroatoms. The lowest BCUT2D eigenvalue weighted by molar-refractivity contribution is 0.152. The largest absolute Gasteiger partial charge is 0.326 e. The molecule has 0 spiro atoms. The van der Waals surface area contributed by atoms with Crippen LogP contribution in [0.15, 0.2) is 53.6 Å². The van der Waals surface area contributed by atoms with Crippen molar-refractivity contribution in [1.29, 1.82) is 0 Å². The summed E-state index contributed by atoms with van der Waals surface area (Å²) in [6.07, 6.45) is 0.585. The Labute approximate surface area is 107 Å². The van der Waals surface area contributed by atoms with E-state index < -0.39 is 6.43 Å². The molecule has 2 aromatic heterocycles. The number of rotatable bonds is 2. The molecule has 0 aliphatic heterocycles. The van der Waals surface area contributed by atoms with Gasteiger partial charge >= 0.3 is 0 Å². The van der Waals surface area contributed by atoms with Gasteiger partial charge in [0.1, 0.15) is 5.52 Å². The van der Waals surface area contributed by atoms with Gasteiger partial charge in [0.2, 0.25) is 0 Å². The topological polar surface area (TPSA) is 37.3 Å². The van der Waals surface area contributed by atoms with Crippen molar-refractivity contribution >= 4 is 5.52 Å². The van der Waals surface area contributed by atoms with E-state index in [0.29, 0.717) is 16.8 Å². The van der Waals surface area contributed by atoms with E-state index in [4.69, 9.17) is 0 Å². The van der Waals surface area contributed by atoms with Gasteiger partial charge in [0.15, 0.2) is 0 Å². The van der Waals surface area contributed by atoms with Crippen molar-refractivity contribution in [3.8, 4) is 11.3 Å². The Morgan fingerprint density at radius 1 is 1.11 bits per heavy atom. The third-order valence-corrected chi connectivity index (χ3v) is 3.06. The monoisotopic (exact) mass is 260 g/mol. The number of nitrogens with zero attached hydrogens (tertiary/aromatic N) is 1. The normalized spacial score (nSPS) is 11.3. The number of halogens is 2. The van der Waals surface area contributed by atoms with Crippen LogP contribution in [-0.4, -0.2) is 9.38 Å². The van der Waals surface area contributed by atoms with Crippen LogP contribution in [0, 0.1) is 0 Å². The van der Waals surface area contributed by atoms with Gasteiger partial charge in [0.05, 0.1) is 5.69 Å². The predicted octanol–water partition coefficient (Wildman–Crippen LogP) is 3.23. The van der Waals surface area contributed by atoms with E-state index in [1.165, 1.54) is 12.3 Å². The molecule has 0 aliphatic carbocycles. The van der Waals surface area contributed by atoms with Crippen molar-refractivity contribution in [1.82, 2.24) is 9.38 Å². The molecule has 0 aliphatic rings. The third-order valence-electron chi connectivity index (χ3n) is 3.06. The quantitative estimate of drug-likeness (QED) is 0.754. The van der Waals surface area contributed by atoms with Gasteiger partial charge in [-0.15, -0.1) is 0 Å². The Hall–Kier alpha value is -2.43. The standard InChI is InChI=1S/C14H10F2N2O/c15-13(16)10-4-2-1-3-9(10)11-5-6-12-14(19)17-7-8-18(11)12/h1-8,13H,(H,17,19). The van der Waals surface area contributed by atoms with E-state index in [0.717, 1.165) is 0 Å². The smallest absolute Gasteiger partial charge is 0.272 e. The average Bonchev–Trinajstić information content (AvgIpc) is 2.84. The van der Waals surface area contributed by atoms with Gasteiger partial charge in [0, 0.05) is 23.5 Å². The maximum Gasteiger partial charge on any atom is 0.272 e. The van der Waals surface area contributed by atoms with E-state index >= 15 is 0 Å². The molecule has 1 aromatic carbocycles. The number of benzene rings is 1. The summed E-state index contributed by atoms with van der Waals surface area (Å²) in [7, 11) is 0. The summed E-state index contributed by atoms with van der Waals surface area (Å²) in [4.78, 5) is 14.2. The molecule has 3 nitrogen and oxygen atoms in total. The summed E-state index contributed by atoms with van der Waals surface area (Å²) in [5, 5.41) is 0. The van der Waals surface area contributed by atoms with Gasteiger partial charge in [-0.2, -0.15) is 0 Å². The van der Waals surface area contributed by atoms with Gasteiger partial charge in [-0.05, 0) is 12.1 Å². The van der Waals surface area contributed by atoms with Crippen LogP contribution < -0.4 is 5.56 Å². The zero-order chi connectivity index (χ0) is 13.4. The Kier molecular flexibility index (Phi) is 2.67. The van der Waals surface area contributed by atoms with Crippen LogP contribution >= 0.6 is 0 Å². The first-order valence-electron chi connectivity index (χ1n) is 5.74. The molecule has 0 bridgehead atoms. The number of aromatic amines is 1. The van der Waals surface area contributed by atoms with Gasteiger partial charge in [-0.1, -0.05) is 24.3 Å². The van der Waals surface area contributed by atoms with Crippen molar-refractivity contribution in [3.05, 3.63) is 64.7 Å². The predicted molar refractivity (Wildman–Crippen MR) is 68.4 cm³/mol. The average molecular weight is 260 g/mol. The van der Waals surface area contributed by atoms with E-state index in [9.17, 15) is 13.6 Å². The summed E-state index contributed by atoms with van der Waals surface area (Å²) in [6.45, 7) is 0. The van der Waals surface area contributed by atoms with Crippen LogP contribution in [0.2, 0.25) is 0 Å². The first-order valence-corrected chi connectivity index (χ1v) is 5.74. The van der Waals surface area contributed by atoms with E-state index in [1.54, 1.807) is 40.9 Å². The van der Waals surface area contributed by atoms with Crippen LogP contribution in [0.3, 0.4) is 0 Å². The maximum atomic E-state index is 13.0. The van der Waals surface area contributed by atoms with E-state index in [1.807, 2.05) is 0 Å². The van der Waals surface area contributed by atoms with Crippen molar-refractivity contribution in [2.45, 2.75) is 6.43 Å². The van der Waals surface area contributed by atoms with Crippen molar-refractivity contribution in [2.24, 2.45) is 0 Å². The molecule has 3 rings (SSSR count). The number of hydrogen-bond donors (Lipinski definition) is 1. The molecule has 19 heavy (non-hydrogen) atoms. The summed E-state index contributed by atoms with van der Waals surface area (Å²) in [5.74, 6) is 0. The Morgan fingerprint density at radius 3 is 2.68 bits per heavy atom. The highest BCUT2D eigenvalue weighted by molar-refractivity contribution is 5.69. The molecule has 0 atom stereocenters. The Balaban J connectivity index is 2.32. The number of nitrogens with one attached hydrogen (secondary N) is 1. The minimum absolute atomic E-state index is 0.0391. The number of alkyl halides is 2. The van der Waals surface area contributed by atoms with Crippen molar-refractivity contribution in [2.75, 3.05) is 0 Å². The third kappa shape index (κ3) is 1.83. The summed E-state index contributed by atoms with van der Waals surface area (Å²) < 4.78 is 27.7. The fourth-order valence-corrected chi connectivity index (χ4v) is 2.20. The molecular weight excluding hydrogens is 250 g/mol. The van der Waals surface area contributed by atoms with Crippen molar-refractivity contribution in [3.63, 3.8) is 0 Å². The van der Waals surface area contributed by atoms with Crippen molar-refractivity contribution < 1.29 is 8.78 Å². The molecule has 0 unspecified atom stereocenters. The molecule has 3 aromatic rings. The van der Waals surface area contributed by atoms with Crippen LogP contribution in [-0.2, 0) is 0 Å². The lowest BCUT2D eigenvalue weighted by atomic mass is 10.1. The second kappa shape index (κ2) is 4.35. The molecule has 0 fully saturated rings. The summed E-state index contributed by atoms with van der Waals surface area (Å²) >= 11 is 0. The molecule has 96 valence electrons. The fraction of sp³-hybridized carbons (Fsp3) is 0.0714. The zero-order valence-corrected chi connectivity index (χ0v) is 9.81. The highest BCUT2D eigenvalue weighted by atomic mass is 19.3. The molecule has 0 saturated heterocycles. The van der Waals surface area contributed by atoms with E-state index in [-0.39, 0.29) is 11.1 Å². The first kappa shape index (κ1) is 11.6. The number of hydrogen-bond acceptors (Lipinski definition) is 1. The lowest BCUT2D eigenvalue weighted by Crippen LogP contribution is -2.07. The molecule has 0 saturated carbocycles. The second-order valence-electron chi connectivity index (χ2n) is 4.15. The lowest BCUT2D eigenvalue weighted by Gasteiger charge is -2.08. The van der Waals surface area contributed by atoms with Crippen LogP contribution in [0.4, 0.5) is 8.78 Å². The number of H-pyrrole nitrogens is 1. The molecule has 2 heterocycles. The highest BCUT2D eigenvalue weighted by Gasteiger charge is 2.16. The summed E-state index contributed by atoms with van der Waals surface area (Å²) in [5.41, 5.74) is 1.16. The van der Waals surface area contributed by atoms with Crippen LogP contribution in [0.25, 0.3) is 16.8 Å². The number of aromatic nitrogens is 2. The zero-order valence-electron chi connectivity index (χ0n) is 9.81. The van der Waals surface area contributed by atoms with Gasteiger partial charge in [-0.3, -0.25) is 4.79 Å². The molecule has 0 amide bonds. The van der Waals surface area contributed by atoms with E-state index in [2.05, 4.69) is 4.98 Å². The summed E-state index contributed by atoms with van der Waals surface area (Å²) in [6, 6.07) is 9.60. The second-order valence-corrected chi connectivity index (χ2v) is 4.15. The number of fused-ring (bicyclic) bond motifs is 1. The minimum Gasteiger partial charge on any atom is -0.326 e. The Bertz CT molecular complexity index is 789. The van der Waals surface area contributed by atoms with Gasteiger partial charge < -0.3 is 9.38 Å². The first-order chi connectivity index (χ1) is 9.18.